The zero-order valence-electron chi connectivity index (χ0n) is 11.1. The lowest BCUT2D eigenvalue weighted by molar-refractivity contribution is -0.384. The molecule has 2 aromatic rings. The number of para-hydroxylation sites is 1. The molecule has 7 nitrogen and oxygen atoms in total. The molecule has 0 bridgehead atoms. The van der Waals surface area contributed by atoms with Crippen LogP contribution in [0.4, 0.5) is 11.4 Å². The van der Waals surface area contributed by atoms with Crippen LogP contribution in [0.15, 0.2) is 42.5 Å². The third kappa shape index (κ3) is 1.50. The van der Waals surface area contributed by atoms with Gasteiger partial charge in [0.2, 0.25) is 0 Å². The van der Waals surface area contributed by atoms with Crippen molar-refractivity contribution in [2.24, 2.45) is 0 Å². The van der Waals surface area contributed by atoms with Gasteiger partial charge in [0.05, 0.1) is 21.7 Å². The predicted molar refractivity (Wildman–Crippen MR) is 76.6 cm³/mol. The number of nitrogens with zero attached hydrogens (tertiary/aromatic N) is 2. The number of carbonyl (C=O) groups excluding carboxylic acids is 2. The molecule has 2 aliphatic rings. The maximum absolute atomic E-state index is 12.6. The first-order valence-electron chi connectivity index (χ1n) is 6.60. The summed E-state index contributed by atoms with van der Waals surface area (Å²) in [6, 6.07) is 10.9. The van der Waals surface area contributed by atoms with Crippen molar-refractivity contribution in [3.63, 3.8) is 0 Å². The van der Waals surface area contributed by atoms with Gasteiger partial charge in [-0.3, -0.25) is 24.6 Å². The molecule has 0 saturated heterocycles. The van der Waals surface area contributed by atoms with Gasteiger partial charge in [-0.15, -0.1) is 0 Å². The van der Waals surface area contributed by atoms with Gasteiger partial charge >= 0.3 is 0 Å². The van der Waals surface area contributed by atoms with Gasteiger partial charge < -0.3 is 5.32 Å². The molecule has 0 radical (unpaired) electrons. The highest BCUT2D eigenvalue weighted by Crippen LogP contribution is 2.41. The molecule has 0 saturated carbocycles. The van der Waals surface area contributed by atoms with Crippen LogP contribution in [0.3, 0.4) is 0 Å². The smallest absolute Gasteiger partial charge is 0.270 e. The molecule has 0 aromatic heterocycles. The maximum Gasteiger partial charge on any atom is 0.270 e. The number of non-ortho nitro benzene ring substituents is 1. The Balaban J connectivity index is 1.91. The maximum atomic E-state index is 12.6. The van der Waals surface area contributed by atoms with Crippen LogP contribution in [0.5, 0.6) is 0 Å². The zero-order valence-corrected chi connectivity index (χ0v) is 11.1. The molecule has 22 heavy (non-hydrogen) atoms. The van der Waals surface area contributed by atoms with E-state index in [1.807, 2.05) is 0 Å². The van der Waals surface area contributed by atoms with E-state index in [0.29, 0.717) is 16.8 Å². The Hall–Kier alpha value is -3.22. The van der Waals surface area contributed by atoms with Crippen LogP contribution < -0.4 is 10.2 Å². The third-order valence-corrected chi connectivity index (χ3v) is 3.93. The minimum absolute atomic E-state index is 0.147. The first kappa shape index (κ1) is 12.5. The topological polar surface area (TPSA) is 92.5 Å². The quantitative estimate of drug-likeness (QED) is 0.643. The molecule has 0 aliphatic carbocycles. The molecular formula is C15H9N3O4. The van der Waals surface area contributed by atoms with Gasteiger partial charge in [0, 0.05) is 17.7 Å². The number of nitrogens with one attached hydrogen (secondary N) is 1. The molecule has 2 amide bonds. The van der Waals surface area contributed by atoms with Gasteiger partial charge in [0.25, 0.3) is 17.5 Å². The van der Waals surface area contributed by atoms with Gasteiger partial charge in [-0.25, -0.2) is 0 Å². The summed E-state index contributed by atoms with van der Waals surface area (Å²) in [6.45, 7) is 0. The van der Waals surface area contributed by atoms with Gasteiger partial charge in [0.1, 0.15) is 6.17 Å². The second kappa shape index (κ2) is 4.14. The Morgan fingerprint density at radius 2 is 1.86 bits per heavy atom. The van der Waals surface area contributed by atoms with E-state index >= 15 is 0 Å². The van der Waals surface area contributed by atoms with Crippen molar-refractivity contribution in [3.05, 3.63) is 69.3 Å². The number of nitro groups is 1. The Morgan fingerprint density at radius 1 is 1.09 bits per heavy atom. The van der Waals surface area contributed by atoms with E-state index in [9.17, 15) is 19.7 Å². The van der Waals surface area contributed by atoms with Crippen molar-refractivity contribution in [1.29, 1.82) is 0 Å². The fraction of sp³-hybridized carbons (Fsp3) is 0.0667. The summed E-state index contributed by atoms with van der Waals surface area (Å²) in [4.78, 5) is 36.6. The Kier molecular flexibility index (Phi) is 2.35. The first-order valence-corrected chi connectivity index (χ1v) is 6.60. The number of benzene rings is 2. The summed E-state index contributed by atoms with van der Waals surface area (Å²) < 4.78 is 0. The fourth-order valence-electron chi connectivity index (χ4n) is 2.94. The average molecular weight is 295 g/mol. The molecule has 7 heteroatoms. The van der Waals surface area contributed by atoms with Crippen molar-refractivity contribution < 1.29 is 14.5 Å². The molecule has 108 valence electrons. The molecule has 4 rings (SSSR count). The van der Waals surface area contributed by atoms with Crippen LogP contribution in [0.1, 0.15) is 32.4 Å². The lowest BCUT2D eigenvalue weighted by Gasteiger charge is -2.32. The van der Waals surface area contributed by atoms with E-state index in [0.717, 1.165) is 0 Å². The summed E-state index contributed by atoms with van der Waals surface area (Å²) in [6.07, 6.45) is -0.620. The number of hydrogen-bond donors (Lipinski definition) is 1. The minimum Gasteiger partial charge on any atom is -0.327 e. The minimum atomic E-state index is -0.620. The van der Waals surface area contributed by atoms with Crippen molar-refractivity contribution in [2.75, 3.05) is 4.90 Å². The predicted octanol–water partition coefficient (Wildman–Crippen LogP) is 2.00. The lowest BCUT2D eigenvalue weighted by atomic mass is 10.1. The molecule has 1 unspecified atom stereocenters. The summed E-state index contributed by atoms with van der Waals surface area (Å²) in [5.41, 5.74) is 1.59. The highest BCUT2D eigenvalue weighted by molar-refractivity contribution is 6.16. The van der Waals surface area contributed by atoms with Gasteiger partial charge in [-0.2, -0.15) is 0 Å². The normalized spacial score (nSPS) is 18.4. The Morgan fingerprint density at radius 3 is 2.64 bits per heavy atom. The molecule has 0 fully saturated rings. The van der Waals surface area contributed by atoms with E-state index in [-0.39, 0.29) is 23.1 Å². The third-order valence-electron chi connectivity index (χ3n) is 3.93. The van der Waals surface area contributed by atoms with Crippen molar-refractivity contribution in [2.45, 2.75) is 6.17 Å². The average Bonchev–Trinajstić information content (AvgIpc) is 2.80. The number of carbonyl (C=O) groups is 2. The van der Waals surface area contributed by atoms with Crippen LogP contribution in [-0.4, -0.2) is 16.7 Å². The number of fused-ring (bicyclic) bond motifs is 5. The molecule has 2 aliphatic heterocycles. The van der Waals surface area contributed by atoms with Crippen LogP contribution in [0.2, 0.25) is 0 Å². The monoisotopic (exact) mass is 295 g/mol. The Bertz CT molecular complexity index is 862. The van der Waals surface area contributed by atoms with Crippen LogP contribution in [0, 0.1) is 10.1 Å². The molecule has 1 atom stereocenters. The Labute approximate surface area is 124 Å². The highest BCUT2D eigenvalue weighted by Gasteiger charge is 2.43. The summed E-state index contributed by atoms with van der Waals surface area (Å²) >= 11 is 0. The van der Waals surface area contributed by atoms with Gasteiger partial charge in [0.15, 0.2) is 0 Å². The second-order valence-corrected chi connectivity index (χ2v) is 5.10. The molecule has 1 N–H and O–H groups in total. The van der Waals surface area contributed by atoms with Gasteiger partial charge in [-0.05, 0) is 18.2 Å². The van der Waals surface area contributed by atoms with Crippen molar-refractivity contribution >= 4 is 23.2 Å². The first-order chi connectivity index (χ1) is 10.6. The number of rotatable bonds is 1. The summed E-state index contributed by atoms with van der Waals surface area (Å²) in [5, 5.41) is 13.6. The van der Waals surface area contributed by atoms with Crippen LogP contribution >= 0.6 is 0 Å². The van der Waals surface area contributed by atoms with E-state index in [4.69, 9.17) is 0 Å². The zero-order chi connectivity index (χ0) is 15.4. The second-order valence-electron chi connectivity index (χ2n) is 5.10. The number of anilines is 1. The van der Waals surface area contributed by atoms with Crippen LogP contribution in [-0.2, 0) is 0 Å². The largest absolute Gasteiger partial charge is 0.327 e. The van der Waals surface area contributed by atoms with E-state index < -0.39 is 11.1 Å². The van der Waals surface area contributed by atoms with E-state index in [1.165, 1.54) is 23.1 Å². The van der Waals surface area contributed by atoms with Gasteiger partial charge in [-0.1, -0.05) is 12.1 Å². The van der Waals surface area contributed by atoms with Crippen molar-refractivity contribution in [1.82, 2.24) is 5.32 Å². The van der Waals surface area contributed by atoms with Crippen molar-refractivity contribution in [3.8, 4) is 0 Å². The summed E-state index contributed by atoms with van der Waals surface area (Å²) in [7, 11) is 0. The molecule has 0 spiro atoms. The SMILES string of the molecule is O=C1NC2c3ccc([N+](=O)[O-])cc3C(=O)N2c2ccccc21. The van der Waals surface area contributed by atoms with E-state index in [2.05, 4.69) is 5.32 Å². The number of nitro benzene ring substituents is 1. The molecule has 2 aromatic carbocycles. The molecule has 2 heterocycles. The summed E-state index contributed by atoms with van der Waals surface area (Å²) in [5.74, 6) is -0.619. The van der Waals surface area contributed by atoms with E-state index in [1.54, 1.807) is 24.3 Å². The lowest BCUT2D eigenvalue weighted by Crippen LogP contribution is -2.45. The van der Waals surface area contributed by atoms with Crippen LogP contribution in [0.25, 0.3) is 0 Å². The standard InChI is InChI=1S/C15H9N3O4/c19-14-10-3-1-2-4-12(10)17-13(16-14)9-6-5-8(18(21)22)7-11(9)15(17)20/h1-7,13H,(H,16,19). The fourth-order valence-corrected chi connectivity index (χ4v) is 2.94. The number of amides is 2. The highest BCUT2D eigenvalue weighted by atomic mass is 16.6. The molecular weight excluding hydrogens is 286 g/mol. The number of hydrogen-bond acceptors (Lipinski definition) is 4.